The van der Waals surface area contributed by atoms with E-state index in [9.17, 15) is 4.79 Å². The number of aromatic nitrogens is 3. The molecule has 0 bridgehead atoms. The third-order valence-corrected chi connectivity index (χ3v) is 3.64. The van der Waals surface area contributed by atoms with Gasteiger partial charge in [0.1, 0.15) is 0 Å². The van der Waals surface area contributed by atoms with E-state index in [4.69, 9.17) is 0 Å². The van der Waals surface area contributed by atoms with Gasteiger partial charge in [-0.1, -0.05) is 36.4 Å². The van der Waals surface area contributed by atoms with E-state index in [1.165, 1.54) is 12.5 Å². The van der Waals surface area contributed by atoms with Crippen molar-refractivity contribution in [3.63, 3.8) is 0 Å². The van der Waals surface area contributed by atoms with Crippen molar-refractivity contribution < 1.29 is 4.79 Å². The summed E-state index contributed by atoms with van der Waals surface area (Å²) in [5, 5.41) is 13.9. The van der Waals surface area contributed by atoms with Gasteiger partial charge in [0.25, 0.3) is 0 Å². The summed E-state index contributed by atoms with van der Waals surface area (Å²) in [4.78, 5) is 17.7. The first kappa shape index (κ1) is 17.3. The highest BCUT2D eigenvalue weighted by molar-refractivity contribution is 5.89. The Morgan fingerprint density at radius 1 is 1.08 bits per heavy atom. The number of rotatable bonds is 6. The van der Waals surface area contributed by atoms with Crippen LogP contribution in [0.4, 0.5) is 23.1 Å². The molecule has 0 saturated heterocycles. The van der Waals surface area contributed by atoms with Gasteiger partial charge < -0.3 is 15.5 Å². The fourth-order valence-corrected chi connectivity index (χ4v) is 2.48. The van der Waals surface area contributed by atoms with E-state index in [-0.39, 0.29) is 5.91 Å². The molecule has 1 aromatic heterocycles. The van der Waals surface area contributed by atoms with Gasteiger partial charge in [0.15, 0.2) is 5.82 Å². The van der Waals surface area contributed by atoms with Crippen LogP contribution in [-0.4, -0.2) is 28.1 Å². The van der Waals surface area contributed by atoms with Crippen LogP contribution in [0.5, 0.6) is 0 Å². The minimum absolute atomic E-state index is 0.121. The number of nitrogens with one attached hydrogen (secondary N) is 2. The summed E-state index contributed by atoms with van der Waals surface area (Å²) < 4.78 is 0. The highest BCUT2D eigenvalue weighted by Crippen LogP contribution is 2.19. The van der Waals surface area contributed by atoms with Crippen LogP contribution in [0.15, 0.2) is 60.8 Å². The molecular formula is C19H20N6O. The van der Waals surface area contributed by atoms with E-state index in [2.05, 4.69) is 37.9 Å². The van der Waals surface area contributed by atoms with E-state index < -0.39 is 0 Å². The lowest BCUT2D eigenvalue weighted by Gasteiger charge is -2.18. The van der Waals surface area contributed by atoms with Gasteiger partial charge in [0.2, 0.25) is 11.9 Å². The zero-order chi connectivity index (χ0) is 18.4. The summed E-state index contributed by atoms with van der Waals surface area (Å²) in [5.74, 6) is 0.983. The summed E-state index contributed by atoms with van der Waals surface area (Å²) in [6, 6.07) is 17.5. The molecule has 7 nitrogen and oxygen atoms in total. The first-order chi connectivity index (χ1) is 12.6. The standard InChI is InChI=1S/C19H20N6O/c1-14(26)21-16-9-6-10-17(11-16)22-19-23-18(12-20-24-19)25(2)13-15-7-4-3-5-8-15/h3-12H,13H2,1-2H3,(H,21,26)(H,22,23,24). The van der Waals surface area contributed by atoms with Gasteiger partial charge in [-0.05, 0) is 23.8 Å². The molecule has 2 aromatic carbocycles. The van der Waals surface area contributed by atoms with E-state index in [0.29, 0.717) is 17.5 Å². The van der Waals surface area contributed by atoms with Crippen LogP contribution in [0.3, 0.4) is 0 Å². The quantitative estimate of drug-likeness (QED) is 0.712. The van der Waals surface area contributed by atoms with Crippen molar-refractivity contribution in [2.75, 3.05) is 22.6 Å². The smallest absolute Gasteiger partial charge is 0.249 e. The fourth-order valence-electron chi connectivity index (χ4n) is 2.48. The molecule has 2 N–H and O–H groups in total. The maximum absolute atomic E-state index is 11.2. The molecule has 0 fully saturated rings. The summed E-state index contributed by atoms with van der Waals surface area (Å²) >= 11 is 0. The molecule has 1 amide bonds. The Morgan fingerprint density at radius 2 is 1.85 bits per heavy atom. The minimum atomic E-state index is -0.121. The third kappa shape index (κ3) is 4.76. The number of carbonyl (C=O) groups is 1. The second-order valence-corrected chi connectivity index (χ2v) is 5.87. The van der Waals surface area contributed by atoms with Crippen molar-refractivity contribution in [3.8, 4) is 0 Å². The zero-order valence-corrected chi connectivity index (χ0v) is 14.7. The molecule has 0 unspecified atom stereocenters. The van der Waals surface area contributed by atoms with Crippen molar-refractivity contribution in [2.24, 2.45) is 0 Å². The first-order valence-corrected chi connectivity index (χ1v) is 8.19. The second kappa shape index (κ2) is 8.06. The van der Waals surface area contributed by atoms with Crippen molar-refractivity contribution >= 4 is 29.0 Å². The molecule has 0 saturated carbocycles. The van der Waals surface area contributed by atoms with Gasteiger partial charge in [0.05, 0.1) is 6.20 Å². The van der Waals surface area contributed by atoms with E-state index in [1.807, 2.05) is 54.4 Å². The number of nitrogens with zero attached hydrogens (tertiary/aromatic N) is 4. The fraction of sp³-hybridized carbons (Fsp3) is 0.158. The SMILES string of the molecule is CC(=O)Nc1cccc(Nc2nncc(N(C)Cc3ccccc3)n2)c1. The average molecular weight is 348 g/mol. The van der Waals surface area contributed by atoms with Crippen LogP contribution in [0, 0.1) is 0 Å². The van der Waals surface area contributed by atoms with Crippen molar-refractivity contribution in [1.29, 1.82) is 0 Å². The number of hydrogen-bond donors (Lipinski definition) is 2. The third-order valence-electron chi connectivity index (χ3n) is 3.64. The lowest BCUT2D eigenvalue weighted by Crippen LogP contribution is -2.18. The summed E-state index contributed by atoms with van der Waals surface area (Å²) in [5.41, 5.74) is 2.65. The van der Waals surface area contributed by atoms with Crippen molar-refractivity contribution in [2.45, 2.75) is 13.5 Å². The zero-order valence-electron chi connectivity index (χ0n) is 14.7. The summed E-state index contributed by atoms with van der Waals surface area (Å²) in [6.07, 6.45) is 1.63. The van der Waals surface area contributed by atoms with E-state index in [1.54, 1.807) is 6.20 Å². The van der Waals surface area contributed by atoms with Crippen LogP contribution in [-0.2, 0) is 11.3 Å². The Bertz CT molecular complexity index is 884. The highest BCUT2D eigenvalue weighted by Gasteiger charge is 2.07. The van der Waals surface area contributed by atoms with Gasteiger partial charge in [-0.15, -0.1) is 5.10 Å². The molecular weight excluding hydrogens is 328 g/mol. The number of hydrogen-bond acceptors (Lipinski definition) is 6. The van der Waals surface area contributed by atoms with Crippen LogP contribution in [0.25, 0.3) is 0 Å². The number of benzene rings is 2. The van der Waals surface area contributed by atoms with Crippen LogP contribution >= 0.6 is 0 Å². The Kier molecular flexibility index (Phi) is 5.38. The molecule has 3 aromatic rings. The Morgan fingerprint density at radius 3 is 2.62 bits per heavy atom. The monoisotopic (exact) mass is 348 g/mol. The first-order valence-electron chi connectivity index (χ1n) is 8.19. The molecule has 0 spiro atoms. The molecule has 26 heavy (non-hydrogen) atoms. The maximum atomic E-state index is 11.2. The predicted molar refractivity (Wildman–Crippen MR) is 102 cm³/mol. The molecule has 3 rings (SSSR count). The lowest BCUT2D eigenvalue weighted by molar-refractivity contribution is -0.114. The molecule has 7 heteroatoms. The van der Waals surface area contributed by atoms with Gasteiger partial charge in [0, 0.05) is 31.9 Å². The maximum Gasteiger partial charge on any atom is 0.249 e. The van der Waals surface area contributed by atoms with Crippen molar-refractivity contribution in [3.05, 3.63) is 66.4 Å². The van der Waals surface area contributed by atoms with Crippen molar-refractivity contribution in [1.82, 2.24) is 15.2 Å². The summed E-state index contributed by atoms with van der Waals surface area (Å²) in [7, 11) is 1.96. The molecule has 0 radical (unpaired) electrons. The molecule has 0 aliphatic heterocycles. The van der Waals surface area contributed by atoms with Gasteiger partial charge in [-0.2, -0.15) is 10.1 Å². The van der Waals surface area contributed by atoms with Crippen LogP contribution < -0.4 is 15.5 Å². The molecule has 1 heterocycles. The van der Waals surface area contributed by atoms with Gasteiger partial charge >= 0.3 is 0 Å². The highest BCUT2D eigenvalue weighted by atomic mass is 16.1. The predicted octanol–water partition coefficient (Wildman–Crippen LogP) is 3.21. The normalized spacial score (nSPS) is 10.2. The van der Waals surface area contributed by atoms with E-state index in [0.717, 1.165) is 12.2 Å². The van der Waals surface area contributed by atoms with E-state index >= 15 is 0 Å². The molecule has 132 valence electrons. The number of carbonyl (C=O) groups excluding carboxylic acids is 1. The Balaban J connectivity index is 1.72. The molecule has 0 atom stereocenters. The molecule has 0 aliphatic carbocycles. The van der Waals surface area contributed by atoms with Crippen LogP contribution in [0.1, 0.15) is 12.5 Å². The number of anilines is 4. The minimum Gasteiger partial charge on any atom is -0.354 e. The van der Waals surface area contributed by atoms with Gasteiger partial charge in [-0.25, -0.2) is 0 Å². The number of amides is 1. The summed E-state index contributed by atoms with van der Waals surface area (Å²) in [6.45, 7) is 2.19. The second-order valence-electron chi connectivity index (χ2n) is 5.87. The topological polar surface area (TPSA) is 83.0 Å². The average Bonchev–Trinajstić information content (AvgIpc) is 2.62. The van der Waals surface area contributed by atoms with Crippen LogP contribution in [0.2, 0.25) is 0 Å². The Hall–Kier alpha value is -3.48. The lowest BCUT2D eigenvalue weighted by atomic mass is 10.2. The Labute approximate surface area is 152 Å². The molecule has 0 aliphatic rings. The largest absolute Gasteiger partial charge is 0.354 e. The van der Waals surface area contributed by atoms with Gasteiger partial charge in [-0.3, -0.25) is 4.79 Å².